The van der Waals surface area contributed by atoms with Gasteiger partial charge in [0, 0.05) is 34.6 Å². The van der Waals surface area contributed by atoms with E-state index in [4.69, 9.17) is 0 Å². The zero-order chi connectivity index (χ0) is 36.7. The molecule has 0 aliphatic rings. The van der Waals surface area contributed by atoms with Gasteiger partial charge in [-0.2, -0.15) is 0 Å². The van der Waals surface area contributed by atoms with Crippen LogP contribution in [0, 0.1) is 0 Å². The summed E-state index contributed by atoms with van der Waals surface area (Å²) in [6.07, 6.45) is 26.4. The van der Waals surface area contributed by atoms with Crippen molar-refractivity contribution in [3.05, 3.63) is 80.1 Å². The molecular formula is C48H68N2O2. The second-order valence-corrected chi connectivity index (χ2v) is 15.7. The van der Waals surface area contributed by atoms with Crippen molar-refractivity contribution in [3.63, 3.8) is 0 Å². The lowest BCUT2D eigenvalue weighted by molar-refractivity contribution is 0.600. The fourth-order valence-electron chi connectivity index (χ4n) is 8.34. The fraction of sp³-hybridized carbons (Fsp3) is 0.583. The number of rotatable bonds is 24. The molecule has 0 bridgehead atoms. The highest BCUT2D eigenvalue weighted by molar-refractivity contribution is 6.04. The highest BCUT2D eigenvalue weighted by Crippen LogP contribution is 2.29. The minimum Gasteiger partial charge on any atom is -0.340 e. The van der Waals surface area contributed by atoms with E-state index in [1.807, 2.05) is 0 Å². The monoisotopic (exact) mass is 705 g/mol. The zero-order valence-electron chi connectivity index (χ0n) is 33.3. The number of aromatic nitrogens is 2. The molecule has 0 unspecified atom stereocenters. The predicted octanol–water partition coefficient (Wildman–Crippen LogP) is 13.6. The Balaban J connectivity index is 1.62. The number of hydrogen-bond donors (Lipinski definition) is 0. The fourth-order valence-corrected chi connectivity index (χ4v) is 8.34. The number of pyridine rings is 2. The first-order chi connectivity index (χ1) is 25.5. The number of aryl methyl sites for hydroxylation is 4. The molecule has 3 aromatic carbocycles. The van der Waals surface area contributed by atoms with Gasteiger partial charge in [-0.3, -0.25) is 9.59 Å². The van der Waals surface area contributed by atoms with E-state index in [2.05, 4.69) is 85.4 Å². The van der Waals surface area contributed by atoms with Gasteiger partial charge in [0.15, 0.2) is 10.9 Å². The molecule has 0 fully saturated rings. The van der Waals surface area contributed by atoms with E-state index in [9.17, 15) is 9.59 Å². The Morgan fingerprint density at radius 2 is 0.692 bits per heavy atom. The largest absolute Gasteiger partial charge is 0.340 e. The van der Waals surface area contributed by atoms with Gasteiger partial charge < -0.3 is 9.13 Å². The van der Waals surface area contributed by atoms with Crippen molar-refractivity contribution < 1.29 is 0 Å². The lowest BCUT2D eigenvalue weighted by Crippen LogP contribution is -2.16. The van der Waals surface area contributed by atoms with E-state index in [0.29, 0.717) is 0 Å². The average molecular weight is 705 g/mol. The topological polar surface area (TPSA) is 44.0 Å². The number of nitrogens with zero attached hydrogens (tertiary/aromatic N) is 2. The molecule has 0 spiro atoms. The van der Waals surface area contributed by atoms with Crippen LogP contribution in [-0.4, -0.2) is 9.13 Å². The van der Waals surface area contributed by atoms with Crippen LogP contribution >= 0.6 is 0 Å². The van der Waals surface area contributed by atoms with Crippen LogP contribution in [0.3, 0.4) is 0 Å². The predicted molar refractivity (Wildman–Crippen MR) is 227 cm³/mol. The highest BCUT2D eigenvalue weighted by atomic mass is 16.1. The molecule has 0 amide bonds. The van der Waals surface area contributed by atoms with E-state index in [1.54, 1.807) is 0 Å². The second-order valence-electron chi connectivity index (χ2n) is 15.7. The van der Waals surface area contributed by atoms with E-state index in [-0.39, 0.29) is 10.9 Å². The molecule has 0 N–H and O–H groups in total. The molecule has 4 heteroatoms. The van der Waals surface area contributed by atoms with E-state index in [0.717, 1.165) is 108 Å². The normalized spacial score (nSPS) is 11.9. The molecular weight excluding hydrogens is 637 g/mol. The van der Waals surface area contributed by atoms with Gasteiger partial charge in [0.1, 0.15) is 0 Å². The molecule has 5 aromatic rings. The van der Waals surface area contributed by atoms with Crippen LogP contribution in [0.4, 0.5) is 0 Å². The van der Waals surface area contributed by atoms with Crippen molar-refractivity contribution in [2.45, 2.75) is 182 Å². The van der Waals surface area contributed by atoms with Gasteiger partial charge in [-0.05, 0) is 86.1 Å². The van der Waals surface area contributed by atoms with Crippen molar-refractivity contribution in [2.24, 2.45) is 0 Å². The molecule has 0 atom stereocenters. The van der Waals surface area contributed by atoms with Crippen LogP contribution in [0.25, 0.3) is 43.6 Å². The van der Waals surface area contributed by atoms with Crippen LogP contribution < -0.4 is 10.9 Å². The van der Waals surface area contributed by atoms with E-state index < -0.39 is 0 Å². The smallest absolute Gasteiger partial charge is 0.197 e. The summed E-state index contributed by atoms with van der Waals surface area (Å²) in [5.74, 6) is 0. The van der Waals surface area contributed by atoms with Crippen molar-refractivity contribution in [1.82, 2.24) is 9.13 Å². The Bertz CT molecular complexity index is 1850. The van der Waals surface area contributed by atoms with Gasteiger partial charge in [0.25, 0.3) is 0 Å². The maximum absolute atomic E-state index is 14.5. The summed E-state index contributed by atoms with van der Waals surface area (Å²) in [6.45, 7) is 10.7. The third-order valence-electron chi connectivity index (χ3n) is 11.5. The van der Waals surface area contributed by atoms with E-state index >= 15 is 0 Å². The third-order valence-corrected chi connectivity index (χ3v) is 11.5. The number of fused-ring (bicyclic) bond motifs is 4. The standard InChI is InChI=1S/C48H68N2O2/c1-5-9-13-17-19-21-25-37-27-29-43-39(33-37)47(51)41-35-46-42(36-45(41)49(43)31-23-15-11-7-3)48(52)40-34-38(26-22-20-18-14-10-6-2)28-30-44(40)50(46)32-24-16-12-8-4/h27-30,33-36H,5-26,31-32H2,1-4H3. The Hall–Kier alpha value is -3.40. The third kappa shape index (κ3) is 9.97. The zero-order valence-corrected chi connectivity index (χ0v) is 33.3. The summed E-state index contributed by atoms with van der Waals surface area (Å²) in [7, 11) is 0. The van der Waals surface area contributed by atoms with Crippen molar-refractivity contribution >= 4 is 43.6 Å². The lowest BCUT2D eigenvalue weighted by atomic mass is 9.99. The molecule has 2 aromatic heterocycles. The van der Waals surface area contributed by atoms with Gasteiger partial charge in [-0.15, -0.1) is 0 Å². The Morgan fingerprint density at radius 3 is 1.08 bits per heavy atom. The summed E-state index contributed by atoms with van der Waals surface area (Å²) in [5, 5.41) is 3.13. The number of hydrogen-bond acceptors (Lipinski definition) is 2. The minimum atomic E-state index is 0.0980. The molecule has 282 valence electrons. The molecule has 0 radical (unpaired) electrons. The van der Waals surface area contributed by atoms with Crippen LogP contribution in [0.15, 0.2) is 58.1 Å². The maximum Gasteiger partial charge on any atom is 0.197 e. The Kier molecular flexibility index (Phi) is 15.9. The maximum atomic E-state index is 14.5. The molecule has 2 heterocycles. The van der Waals surface area contributed by atoms with Gasteiger partial charge in [0.05, 0.1) is 22.1 Å². The Labute approximate surface area is 314 Å². The summed E-state index contributed by atoms with van der Waals surface area (Å²) in [5.41, 5.74) is 6.53. The van der Waals surface area contributed by atoms with Gasteiger partial charge >= 0.3 is 0 Å². The summed E-state index contributed by atoms with van der Waals surface area (Å²) >= 11 is 0. The van der Waals surface area contributed by atoms with Crippen molar-refractivity contribution in [2.75, 3.05) is 0 Å². The molecule has 52 heavy (non-hydrogen) atoms. The van der Waals surface area contributed by atoms with Crippen molar-refractivity contribution in [3.8, 4) is 0 Å². The SMILES string of the molecule is CCCCCCCCc1ccc2c(c1)c(=O)c1cc3c(cc1n2CCCCCC)c(=O)c1cc(CCCCCCCC)ccc1n3CCCCCC. The lowest BCUT2D eigenvalue weighted by Gasteiger charge is -2.20. The molecule has 4 nitrogen and oxygen atoms in total. The number of unbranched alkanes of at least 4 members (excludes halogenated alkanes) is 16. The first-order valence-corrected chi connectivity index (χ1v) is 21.6. The Morgan fingerprint density at radius 1 is 0.365 bits per heavy atom. The van der Waals surface area contributed by atoms with Crippen LogP contribution in [0.2, 0.25) is 0 Å². The molecule has 0 aliphatic carbocycles. The average Bonchev–Trinajstić information content (AvgIpc) is 3.16. The van der Waals surface area contributed by atoms with Gasteiger partial charge in [-0.1, -0.05) is 143 Å². The minimum absolute atomic E-state index is 0.0980. The summed E-state index contributed by atoms with van der Waals surface area (Å²) < 4.78 is 4.72. The second kappa shape index (κ2) is 20.7. The molecule has 0 saturated carbocycles. The van der Waals surface area contributed by atoms with Crippen LogP contribution in [0.1, 0.15) is 167 Å². The van der Waals surface area contributed by atoms with Crippen molar-refractivity contribution in [1.29, 1.82) is 0 Å². The first-order valence-electron chi connectivity index (χ1n) is 21.6. The van der Waals surface area contributed by atoms with Crippen LogP contribution in [0.5, 0.6) is 0 Å². The number of benzene rings is 3. The van der Waals surface area contributed by atoms with E-state index in [1.165, 1.54) is 101 Å². The quantitative estimate of drug-likeness (QED) is 0.0474. The van der Waals surface area contributed by atoms with Gasteiger partial charge in [-0.25, -0.2) is 0 Å². The molecule has 0 aliphatic heterocycles. The summed E-state index contributed by atoms with van der Waals surface area (Å²) in [4.78, 5) is 29.1. The molecule has 0 saturated heterocycles. The summed E-state index contributed by atoms with van der Waals surface area (Å²) in [6, 6.07) is 17.4. The highest BCUT2D eigenvalue weighted by Gasteiger charge is 2.18. The first kappa shape index (κ1) is 39.8. The van der Waals surface area contributed by atoms with Crippen LogP contribution in [-0.2, 0) is 25.9 Å². The van der Waals surface area contributed by atoms with Gasteiger partial charge in [0.2, 0.25) is 0 Å². The molecule has 5 rings (SSSR count).